The number of hydrogen-bond donors (Lipinski definition) is 3. The van der Waals surface area contributed by atoms with Crippen LogP contribution in [0.25, 0.3) is 0 Å². The van der Waals surface area contributed by atoms with Crippen molar-refractivity contribution in [1.29, 1.82) is 0 Å². The first-order valence-corrected chi connectivity index (χ1v) is 12.8. The molecule has 0 bridgehead atoms. The van der Waals surface area contributed by atoms with Crippen LogP contribution in [-0.4, -0.2) is 32.8 Å². The monoisotopic (exact) mass is 443 g/mol. The molecule has 0 spiro atoms. The van der Waals surface area contributed by atoms with E-state index in [1.807, 2.05) is 0 Å². The van der Waals surface area contributed by atoms with Gasteiger partial charge in [0.25, 0.3) is 0 Å². The van der Waals surface area contributed by atoms with Gasteiger partial charge >= 0.3 is 0 Å². The van der Waals surface area contributed by atoms with E-state index in [4.69, 9.17) is 0 Å². The lowest BCUT2D eigenvalue weighted by molar-refractivity contribution is 0.107. The lowest BCUT2D eigenvalue weighted by Gasteiger charge is -2.22. The van der Waals surface area contributed by atoms with Crippen LogP contribution >= 0.6 is 7.80 Å². The number of benzene rings is 1. The molecule has 5 nitrogen and oxygen atoms in total. The highest BCUT2D eigenvalue weighted by Gasteiger charge is 2.25. The maximum absolute atomic E-state index is 13.0. The second-order valence-electron chi connectivity index (χ2n) is 7.75. The van der Waals surface area contributed by atoms with Gasteiger partial charge in [-0.25, -0.2) is 0 Å². The van der Waals surface area contributed by atoms with Crippen LogP contribution in [0.4, 0.5) is 0 Å². The van der Waals surface area contributed by atoms with Crippen LogP contribution in [0.3, 0.4) is 0 Å². The summed E-state index contributed by atoms with van der Waals surface area (Å²) in [6, 6.07) is 4.32. The molecule has 1 atom stereocenters. The summed E-state index contributed by atoms with van der Waals surface area (Å²) >= 11 is 0. The van der Waals surface area contributed by atoms with E-state index in [0.717, 1.165) is 36.0 Å². The van der Waals surface area contributed by atoms with Gasteiger partial charge in [0, 0.05) is 11.7 Å². The largest absolute Gasteiger partial charge is 0.333 e. The molecule has 6 N–H and O–H groups in total. The van der Waals surface area contributed by atoms with Gasteiger partial charge in [-0.2, -0.15) is 0 Å². The van der Waals surface area contributed by atoms with Gasteiger partial charge in [0.15, 0.2) is 0 Å². The van der Waals surface area contributed by atoms with Crippen LogP contribution in [0.2, 0.25) is 0 Å². The van der Waals surface area contributed by atoms with Gasteiger partial charge < -0.3 is 21.8 Å². The Kier molecular flexibility index (Phi) is 22.3. The van der Waals surface area contributed by atoms with E-state index in [9.17, 15) is 9.36 Å². The Balaban J connectivity index is -0.00000111. The molecule has 0 aromatic heterocycles. The highest BCUT2D eigenvalue weighted by molar-refractivity contribution is 7.64. The summed E-state index contributed by atoms with van der Waals surface area (Å²) < 4.78 is 12.6. The molecule has 0 aliphatic carbocycles. The minimum Gasteiger partial charge on any atom is -0.333 e. The first kappa shape index (κ1) is 33.6. The molecule has 0 fully saturated rings. The summed E-state index contributed by atoms with van der Waals surface area (Å²) in [5.74, 6) is 0.932. The Morgan fingerprint density at radius 2 is 1.20 bits per heavy atom. The predicted octanol–water partition coefficient (Wildman–Crippen LogP) is 5.67. The van der Waals surface area contributed by atoms with Crippen LogP contribution in [0, 0.1) is 0 Å². The second kappa shape index (κ2) is 19.9. The summed E-state index contributed by atoms with van der Waals surface area (Å²) in [4.78, 5) is 13.0. The Morgan fingerprint density at radius 3 is 1.50 bits per heavy atom. The third-order valence-electron chi connectivity index (χ3n) is 4.62. The second-order valence-corrected chi connectivity index (χ2v) is 9.55. The quantitative estimate of drug-likeness (QED) is 0.336. The molecule has 0 saturated carbocycles. The van der Waals surface area contributed by atoms with Gasteiger partial charge in [-0.3, -0.25) is 4.79 Å². The van der Waals surface area contributed by atoms with E-state index in [1.165, 1.54) is 26.7 Å². The van der Waals surface area contributed by atoms with Crippen molar-refractivity contribution in [2.45, 2.75) is 85.5 Å². The molecule has 1 unspecified atom stereocenters. The molecule has 178 valence electrons. The minimum atomic E-state index is -2.22. The fourth-order valence-corrected chi connectivity index (χ4v) is 4.37. The van der Waals surface area contributed by atoms with Crippen LogP contribution in [-0.2, 0) is 4.57 Å². The minimum absolute atomic E-state index is 0.0983. The first-order chi connectivity index (χ1) is 14.2. The molecule has 6 heteroatoms. The van der Waals surface area contributed by atoms with Gasteiger partial charge in [-0.1, -0.05) is 73.4 Å². The summed E-state index contributed by atoms with van der Waals surface area (Å²) in [5.41, 5.74) is 17.6. The Labute approximate surface area is 187 Å². The third-order valence-corrected chi connectivity index (χ3v) is 6.18. The summed E-state index contributed by atoms with van der Waals surface area (Å²) in [6.07, 6.45) is 3.57. The number of nitrogens with two attached hydrogens (primary N) is 3. The number of rotatable bonds is 9. The van der Waals surface area contributed by atoms with Gasteiger partial charge in [-0.05, 0) is 62.0 Å². The molecule has 1 aromatic carbocycles. The van der Waals surface area contributed by atoms with Crippen LogP contribution < -0.4 is 17.2 Å². The molecular weight excluding hydrogens is 393 g/mol. The Bertz CT molecular complexity index is 571. The van der Waals surface area contributed by atoms with Crippen molar-refractivity contribution in [2.24, 2.45) is 17.2 Å². The molecule has 30 heavy (non-hydrogen) atoms. The molecular formula is C24H50N3O2P. The topological polar surface area (TPSA) is 112 Å². The van der Waals surface area contributed by atoms with Crippen LogP contribution in [0.1, 0.15) is 113 Å². The first-order valence-electron chi connectivity index (χ1n) is 11.2. The summed E-state index contributed by atoms with van der Waals surface area (Å²) in [7, 11) is 2.28. The molecule has 1 aromatic rings. The molecule has 0 amide bonds. The van der Waals surface area contributed by atoms with E-state index in [0.29, 0.717) is 12.1 Å². The zero-order valence-electron chi connectivity index (χ0n) is 21.3. The van der Waals surface area contributed by atoms with Gasteiger partial charge in [0.2, 0.25) is 5.52 Å². The van der Waals surface area contributed by atoms with Crippen molar-refractivity contribution in [1.82, 2.24) is 0 Å². The van der Waals surface area contributed by atoms with Gasteiger partial charge in [-0.15, -0.1) is 0 Å². The highest BCUT2D eigenvalue weighted by Crippen LogP contribution is 2.38. The van der Waals surface area contributed by atoms with Gasteiger partial charge in [0.05, 0.1) is 0 Å². The number of hydrogen-bond acceptors (Lipinski definition) is 5. The van der Waals surface area contributed by atoms with Crippen molar-refractivity contribution in [2.75, 3.05) is 27.3 Å². The predicted molar refractivity (Wildman–Crippen MR) is 137 cm³/mol. The standard InChI is InChI=1S/C21H35O2P.3CH5N/c1-8-9-10-11-24(23)21(22)20-18(15(4)5)12-17(14(2)3)13-19(20)16(6)7;3*1-2/h12-16,24H,8-11H2,1-7H3;3*2H2,1H3. The van der Waals surface area contributed by atoms with E-state index < -0.39 is 7.80 Å². The normalized spacial score (nSPS) is 11.1. The van der Waals surface area contributed by atoms with Crippen molar-refractivity contribution >= 4 is 13.3 Å². The maximum Gasteiger partial charge on any atom is 0.219 e. The fourth-order valence-electron chi connectivity index (χ4n) is 3.01. The molecule has 0 heterocycles. The van der Waals surface area contributed by atoms with Crippen LogP contribution in [0.5, 0.6) is 0 Å². The van der Waals surface area contributed by atoms with E-state index in [-0.39, 0.29) is 17.4 Å². The van der Waals surface area contributed by atoms with Crippen molar-refractivity contribution < 1.29 is 9.36 Å². The average Bonchev–Trinajstić information content (AvgIpc) is 2.76. The van der Waals surface area contributed by atoms with Gasteiger partial charge in [0.1, 0.15) is 7.80 Å². The van der Waals surface area contributed by atoms with E-state index in [1.54, 1.807) is 0 Å². The Hall–Kier alpha value is -1.00. The zero-order valence-corrected chi connectivity index (χ0v) is 22.3. The summed E-state index contributed by atoms with van der Waals surface area (Å²) in [5, 5.41) is 0. The number of unbranched alkanes of at least 4 members (excludes halogenated alkanes) is 2. The molecule has 0 saturated heterocycles. The third kappa shape index (κ3) is 11.4. The highest BCUT2D eigenvalue weighted by atomic mass is 31.1. The lowest BCUT2D eigenvalue weighted by Crippen LogP contribution is -2.10. The smallest absolute Gasteiger partial charge is 0.219 e. The molecule has 1 rings (SSSR count). The maximum atomic E-state index is 13.0. The fraction of sp³-hybridized carbons (Fsp3) is 0.708. The zero-order chi connectivity index (χ0) is 24.4. The number of carbonyl (C=O) groups is 1. The summed E-state index contributed by atoms with van der Waals surface area (Å²) in [6.45, 7) is 15.0. The average molecular weight is 444 g/mol. The molecule has 0 radical (unpaired) electrons. The SMILES string of the molecule is CCCCC[PH](=O)C(=O)c1c(C(C)C)cc(C(C)C)cc1C(C)C.CN.CN.CN. The Morgan fingerprint density at radius 1 is 0.800 bits per heavy atom. The van der Waals surface area contributed by atoms with E-state index in [2.05, 4.69) is 77.8 Å². The van der Waals surface area contributed by atoms with Crippen LogP contribution in [0.15, 0.2) is 12.1 Å². The van der Waals surface area contributed by atoms with Crippen molar-refractivity contribution in [3.8, 4) is 0 Å². The molecule has 0 aliphatic heterocycles. The van der Waals surface area contributed by atoms with Crippen molar-refractivity contribution in [3.05, 3.63) is 34.4 Å². The van der Waals surface area contributed by atoms with Crippen molar-refractivity contribution in [3.63, 3.8) is 0 Å². The number of carbonyl (C=O) groups excluding carboxylic acids is 1. The van der Waals surface area contributed by atoms with E-state index >= 15 is 0 Å². The lowest BCUT2D eigenvalue weighted by atomic mass is 9.85. The molecule has 0 aliphatic rings.